The molecule has 4 amide bonds. The van der Waals surface area contributed by atoms with Crippen LogP contribution in [0.4, 0.5) is 9.59 Å². The normalized spacial score (nSPS) is 18.1. The molecule has 2 saturated heterocycles. The van der Waals surface area contributed by atoms with Gasteiger partial charge in [0.25, 0.3) is 5.91 Å². The Morgan fingerprint density at radius 3 is 2.00 bits per heavy atom. The van der Waals surface area contributed by atoms with Crippen LogP contribution in [-0.2, 0) is 30.4 Å². The zero-order chi connectivity index (χ0) is 44.5. The second-order valence-electron chi connectivity index (χ2n) is 16.3. The van der Waals surface area contributed by atoms with Crippen molar-refractivity contribution in [2.45, 2.75) is 69.5 Å². The number of carbonyl (C=O) groups excluding carboxylic acids is 4. The summed E-state index contributed by atoms with van der Waals surface area (Å²) in [5.74, 6) is 1.71. The van der Waals surface area contributed by atoms with E-state index in [1.807, 2.05) is 36.4 Å². The van der Waals surface area contributed by atoms with Crippen LogP contribution in [0.25, 0.3) is 44.4 Å². The highest BCUT2D eigenvalue weighted by atomic mass is 16.5. The van der Waals surface area contributed by atoms with Crippen LogP contribution >= 0.6 is 0 Å². The van der Waals surface area contributed by atoms with Gasteiger partial charge in [0.1, 0.15) is 36.1 Å². The van der Waals surface area contributed by atoms with Gasteiger partial charge in [0, 0.05) is 36.7 Å². The molecular weight excluding hydrogens is 817 g/mol. The van der Waals surface area contributed by atoms with Crippen LogP contribution in [0.15, 0.2) is 91.3 Å². The largest absolute Gasteiger partial charge is 0.488 e. The van der Waals surface area contributed by atoms with E-state index in [9.17, 15) is 19.2 Å². The Morgan fingerprint density at radius 1 is 0.734 bits per heavy atom. The van der Waals surface area contributed by atoms with Gasteiger partial charge in [-0.1, -0.05) is 60.7 Å². The first-order valence-electron chi connectivity index (χ1n) is 21.5. The van der Waals surface area contributed by atoms with Crippen molar-refractivity contribution in [1.82, 2.24) is 40.4 Å². The molecule has 6 aromatic rings. The van der Waals surface area contributed by atoms with E-state index in [2.05, 4.69) is 63.1 Å². The van der Waals surface area contributed by atoms with E-state index < -0.39 is 30.4 Å². The van der Waals surface area contributed by atoms with Crippen LogP contribution in [0.3, 0.4) is 0 Å². The van der Waals surface area contributed by atoms with E-state index in [-0.39, 0.29) is 23.9 Å². The highest BCUT2D eigenvalue weighted by Gasteiger charge is 2.39. The molecule has 3 aliphatic rings. The van der Waals surface area contributed by atoms with Gasteiger partial charge in [-0.3, -0.25) is 9.59 Å². The number of aromatic amines is 2. The number of fused-ring (bicyclic) bond motifs is 5. The number of amides is 4. The SMILES string of the molecule is COC(=O)N[C@H](C(=O)N1CCC[C@H]1c1ncc(-c2ccc3c4c(ccc3c2)-c2ccc(-c3cnc([C@@H]5CCCN5C(=O)[C@H](NC(=O)OC)c5ccccc5)[nH]3)cc2CO4)[nH]1)[C@@H](C)OC. The summed E-state index contributed by atoms with van der Waals surface area (Å²) in [5.41, 5.74) is 7.36. The molecule has 0 saturated carbocycles. The van der Waals surface area contributed by atoms with E-state index in [0.717, 1.165) is 81.4 Å². The molecule has 0 aliphatic carbocycles. The quantitative estimate of drug-likeness (QED) is 0.102. The molecule has 0 spiro atoms. The van der Waals surface area contributed by atoms with Crippen molar-refractivity contribution < 1.29 is 38.1 Å². The third-order valence-electron chi connectivity index (χ3n) is 12.6. The van der Waals surface area contributed by atoms with Crippen molar-refractivity contribution in [1.29, 1.82) is 0 Å². The summed E-state index contributed by atoms with van der Waals surface area (Å²) in [5, 5.41) is 7.35. The molecular formula is C48H50N8O8. The molecule has 330 valence electrons. The number of rotatable bonds is 11. The van der Waals surface area contributed by atoms with Crippen LogP contribution in [-0.4, -0.2) is 100 Å². The number of alkyl carbamates (subject to hydrolysis) is 2. The molecule has 0 unspecified atom stereocenters. The van der Waals surface area contributed by atoms with Gasteiger partial charge in [-0.25, -0.2) is 19.6 Å². The molecule has 5 heterocycles. The molecule has 0 bridgehead atoms. The van der Waals surface area contributed by atoms with Gasteiger partial charge in [-0.15, -0.1) is 0 Å². The van der Waals surface area contributed by atoms with Crippen molar-refractivity contribution >= 4 is 34.8 Å². The van der Waals surface area contributed by atoms with Crippen LogP contribution in [0.5, 0.6) is 5.75 Å². The summed E-state index contributed by atoms with van der Waals surface area (Å²) in [6.07, 6.45) is 4.73. The van der Waals surface area contributed by atoms with Gasteiger partial charge >= 0.3 is 12.2 Å². The smallest absolute Gasteiger partial charge is 0.407 e. The number of carbonyl (C=O) groups is 4. The molecule has 16 heteroatoms. The Hall–Kier alpha value is -7.20. The highest BCUT2D eigenvalue weighted by Crippen LogP contribution is 2.44. The fourth-order valence-electron chi connectivity index (χ4n) is 9.22. The third kappa shape index (κ3) is 8.00. The fourth-order valence-corrected chi connectivity index (χ4v) is 9.22. The van der Waals surface area contributed by atoms with Crippen molar-refractivity contribution in [3.63, 3.8) is 0 Å². The average molecular weight is 867 g/mol. The maximum atomic E-state index is 14.0. The summed E-state index contributed by atoms with van der Waals surface area (Å²) in [6.45, 7) is 3.19. The van der Waals surface area contributed by atoms with E-state index in [1.54, 1.807) is 29.1 Å². The number of hydrogen-bond donors (Lipinski definition) is 4. The number of imidazole rings is 2. The van der Waals surface area contributed by atoms with Crippen molar-refractivity contribution in [2.75, 3.05) is 34.4 Å². The fraction of sp³-hybridized carbons (Fsp3) is 0.333. The average Bonchev–Trinajstić information content (AvgIpc) is 4.19. The summed E-state index contributed by atoms with van der Waals surface area (Å²) in [6, 6.07) is 23.5. The summed E-state index contributed by atoms with van der Waals surface area (Å²) >= 11 is 0. The molecule has 4 aromatic carbocycles. The second kappa shape index (κ2) is 17.9. The molecule has 64 heavy (non-hydrogen) atoms. The lowest BCUT2D eigenvalue weighted by molar-refractivity contribution is -0.137. The number of methoxy groups -OCH3 is 3. The second-order valence-corrected chi connectivity index (χ2v) is 16.3. The monoisotopic (exact) mass is 866 g/mol. The first-order chi connectivity index (χ1) is 31.1. The zero-order valence-corrected chi connectivity index (χ0v) is 36.1. The van der Waals surface area contributed by atoms with Crippen molar-refractivity contribution in [3.8, 4) is 39.4 Å². The topological polar surface area (TPSA) is 193 Å². The number of nitrogens with zero attached hydrogens (tertiary/aromatic N) is 4. The van der Waals surface area contributed by atoms with Gasteiger partial charge in [0.05, 0.1) is 56.2 Å². The molecule has 5 atom stereocenters. The summed E-state index contributed by atoms with van der Waals surface area (Å²) < 4.78 is 21.5. The lowest BCUT2D eigenvalue weighted by atomic mass is 9.92. The number of H-pyrrole nitrogens is 2. The first kappa shape index (κ1) is 42.1. The molecule has 9 rings (SSSR count). The Bertz CT molecular complexity index is 2720. The Morgan fingerprint density at radius 2 is 1.34 bits per heavy atom. The van der Waals surface area contributed by atoms with Crippen LogP contribution in [0.2, 0.25) is 0 Å². The molecule has 2 aromatic heterocycles. The van der Waals surface area contributed by atoms with E-state index in [0.29, 0.717) is 36.9 Å². The van der Waals surface area contributed by atoms with Gasteiger partial charge in [-0.2, -0.15) is 0 Å². The predicted octanol–water partition coefficient (Wildman–Crippen LogP) is 7.36. The van der Waals surface area contributed by atoms with Crippen LogP contribution < -0.4 is 15.4 Å². The van der Waals surface area contributed by atoms with E-state index >= 15 is 0 Å². The number of benzene rings is 4. The molecule has 16 nitrogen and oxygen atoms in total. The minimum atomic E-state index is -0.909. The maximum Gasteiger partial charge on any atom is 0.407 e. The lowest BCUT2D eigenvalue weighted by Gasteiger charge is -2.30. The Balaban J connectivity index is 0.912. The highest BCUT2D eigenvalue weighted by molar-refractivity contribution is 5.98. The minimum Gasteiger partial charge on any atom is -0.488 e. The van der Waals surface area contributed by atoms with Crippen molar-refractivity contribution in [2.24, 2.45) is 0 Å². The summed E-state index contributed by atoms with van der Waals surface area (Å²) in [4.78, 5) is 72.1. The standard InChI is InChI=1S/C48H50N8O8/c1-27(61-2)40(53-47(59)62-3)45(57)55-20-8-12-38(55)43-49-24-36(51-43)30-16-18-34-29(22-30)14-19-35-33-17-15-31(23-32(33)26-64-42(34)35)37-25-50-44(52-37)39-13-9-21-56(39)46(58)41(54-48(60)63-4)28-10-6-5-7-11-28/h5-7,10-11,14-19,22-25,27,38-41H,8-9,12-13,20-21,26H2,1-4H3,(H,49,51)(H,50,52)(H,53,59)(H,54,60)/t27-,38+,39+,40+,41-/m1/s1. The number of aromatic nitrogens is 4. The molecule has 4 N–H and O–H groups in total. The van der Waals surface area contributed by atoms with E-state index in [1.165, 1.54) is 21.3 Å². The van der Waals surface area contributed by atoms with Crippen molar-refractivity contribution in [3.05, 3.63) is 114 Å². The number of ether oxygens (including phenoxy) is 4. The lowest BCUT2D eigenvalue weighted by Crippen LogP contribution is -2.54. The van der Waals surface area contributed by atoms with E-state index in [4.69, 9.17) is 28.9 Å². The van der Waals surface area contributed by atoms with Gasteiger partial charge < -0.3 is 49.3 Å². The molecule has 3 aliphatic heterocycles. The third-order valence-corrected chi connectivity index (χ3v) is 12.6. The number of likely N-dealkylation sites (tertiary alicyclic amines) is 2. The maximum absolute atomic E-state index is 14.0. The Kier molecular flexibility index (Phi) is 11.8. The number of nitrogens with one attached hydrogen (secondary N) is 4. The summed E-state index contributed by atoms with van der Waals surface area (Å²) in [7, 11) is 4.04. The van der Waals surface area contributed by atoms with Gasteiger partial charge in [0.15, 0.2) is 0 Å². The van der Waals surface area contributed by atoms with Crippen LogP contribution in [0.1, 0.15) is 73.5 Å². The molecule has 0 radical (unpaired) electrons. The van der Waals surface area contributed by atoms with Gasteiger partial charge in [0.2, 0.25) is 5.91 Å². The first-order valence-corrected chi connectivity index (χ1v) is 21.5. The van der Waals surface area contributed by atoms with Crippen LogP contribution in [0, 0.1) is 0 Å². The minimum absolute atomic E-state index is 0.221. The zero-order valence-electron chi connectivity index (χ0n) is 36.1. The predicted molar refractivity (Wildman–Crippen MR) is 237 cm³/mol. The molecule has 2 fully saturated rings. The Labute approximate surface area is 369 Å². The number of hydrogen-bond acceptors (Lipinski definition) is 10. The van der Waals surface area contributed by atoms with Gasteiger partial charge in [-0.05, 0) is 78.4 Å².